The van der Waals surface area contributed by atoms with E-state index in [0.29, 0.717) is 0 Å². The first-order chi connectivity index (χ1) is 13.3. The molecule has 2 aromatic carbocycles. The Balaban J connectivity index is 2.27. The molecule has 1 atom stereocenters. The number of ether oxygens (including phenoxy) is 2. The molecule has 0 aromatic heterocycles. The molecule has 0 saturated carbocycles. The molecule has 0 saturated heterocycles. The van der Waals surface area contributed by atoms with E-state index in [2.05, 4.69) is 0 Å². The summed E-state index contributed by atoms with van der Waals surface area (Å²) in [5.41, 5.74) is -0.140. The van der Waals surface area contributed by atoms with Crippen molar-refractivity contribution < 1.29 is 28.9 Å². The molecule has 0 amide bonds. The molecule has 0 fully saturated rings. The van der Waals surface area contributed by atoms with Crippen LogP contribution in [0.3, 0.4) is 0 Å². The zero-order valence-electron chi connectivity index (χ0n) is 14.8. The van der Waals surface area contributed by atoms with Crippen LogP contribution in [0.1, 0.15) is 35.4 Å². The van der Waals surface area contributed by atoms with Gasteiger partial charge in [0.05, 0.1) is 28.4 Å². The highest BCUT2D eigenvalue weighted by Gasteiger charge is 2.24. The molecule has 0 aliphatic carbocycles. The molecule has 0 aliphatic heterocycles. The summed E-state index contributed by atoms with van der Waals surface area (Å²) in [7, 11) is 0. The Hall–Kier alpha value is -3.82. The van der Waals surface area contributed by atoms with Gasteiger partial charge in [0.15, 0.2) is 0 Å². The van der Waals surface area contributed by atoms with E-state index < -0.39 is 27.9 Å². The number of nitrogens with zero attached hydrogens (tertiary/aromatic N) is 2. The Morgan fingerprint density at radius 1 is 1.00 bits per heavy atom. The SMILES string of the molecule is CCOC(=O)CC(OC(=O)c1ccc([N+](=O)[O-])cc1)c1cccc([N+](=O)[O-])c1. The Labute approximate surface area is 159 Å². The van der Waals surface area contributed by atoms with Gasteiger partial charge >= 0.3 is 11.9 Å². The molecule has 10 nitrogen and oxygen atoms in total. The van der Waals surface area contributed by atoms with E-state index >= 15 is 0 Å². The van der Waals surface area contributed by atoms with Crippen molar-refractivity contribution in [3.05, 3.63) is 79.9 Å². The first-order valence-corrected chi connectivity index (χ1v) is 8.17. The maximum absolute atomic E-state index is 12.4. The molecule has 0 heterocycles. The van der Waals surface area contributed by atoms with Gasteiger partial charge < -0.3 is 9.47 Å². The standard InChI is InChI=1S/C18H16N2O8/c1-2-27-17(21)11-16(13-4-3-5-15(10-13)20(25)26)28-18(22)12-6-8-14(9-7-12)19(23)24/h3-10,16H,2,11H2,1H3. The van der Waals surface area contributed by atoms with Crippen molar-refractivity contribution in [2.75, 3.05) is 6.61 Å². The first-order valence-electron chi connectivity index (χ1n) is 8.17. The highest BCUT2D eigenvalue weighted by molar-refractivity contribution is 5.90. The minimum atomic E-state index is -1.12. The van der Waals surface area contributed by atoms with Crippen LogP contribution < -0.4 is 0 Å². The summed E-state index contributed by atoms with van der Waals surface area (Å²) in [6, 6.07) is 10.1. The van der Waals surface area contributed by atoms with Crippen LogP contribution in [0.2, 0.25) is 0 Å². The van der Waals surface area contributed by atoms with Crippen molar-refractivity contribution in [1.29, 1.82) is 0 Å². The Kier molecular flexibility index (Phi) is 6.74. The van der Waals surface area contributed by atoms with E-state index in [0.717, 1.165) is 12.1 Å². The van der Waals surface area contributed by atoms with Crippen LogP contribution in [0.25, 0.3) is 0 Å². The molecule has 28 heavy (non-hydrogen) atoms. The number of esters is 2. The second-order valence-corrected chi connectivity index (χ2v) is 5.56. The molecule has 146 valence electrons. The molecule has 10 heteroatoms. The number of nitro benzene ring substituents is 2. The average molecular weight is 388 g/mol. The van der Waals surface area contributed by atoms with Gasteiger partial charge in [0.1, 0.15) is 6.10 Å². The van der Waals surface area contributed by atoms with Gasteiger partial charge in [-0.05, 0) is 24.6 Å². The smallest absolute Gasteiger partial charge is 0.338 e. The number of non-ortho nitro benzene ring substituents is 2. The molecular weight excluding hydrogens is 372 g/mol. The Morgan fingerprint density at radius 3 is 2.21 bits per heavy atom. The van der Waals surface area contributed by atoms with E-state index in [4.69, 9.17) is 9.47 Å². The van der Waals surface area contributed by atoms with Gasteiger partial charge in [-0.15, -0.1) is 0 Å². The molecule has 1 unspecified atom stereocenters. The minimum Gasteiger partial charge on any atom is -0.466 e. The average Bonchev–Trinajstić information content (AvgIpc) is 2.67. The lowest BCUT2D eigenvalue weighted by atomic mass is 10.1. The third kappa shape index (κ3) is 5.34. The van der Waals surface area contributed by atoms with E-state index in [1.54, 1.807) is 6.92 Å². The second-order valence-electron chi connectivity index (χ2n) is 5.56. The number of benzene rings is 2. The van der Waals surface area contributed by atoms with Gasteiger partial charge in [-0.1, -0.05) is 12.1 Å². The summed E-state index contributed by atoms with van der Waals surface area (Å²) in [5.74, 6) is -1.48. The van der Waals surface area contributed by atoms with Crippen molar-refractivity contribution in [1.82, 2.24) is 0 Å². The number of hydrogen-bond acceptors (Lipinski definition) is 8. The predicted octanol–water partition coefficient (Wildman–Crippen LogP) is 3.35. The van der Waals surface area contributed by atoms with Gasteiger partial charge in [-0.2, -0.15) is 0 Å². The Bertz CT molecular complexity index is 895. The molecule has 2 rings (SSSR count). The summed E-state index contributed by atoms with van der Waals surface area (Å²) < 4.78 is 10.2. The topological polar surface area (TPSA) is 139 Å². The van der Waals surface area contributed by atoms with Crippen LogP contribution in [0.15, 0.2) is 48.5 Å². The number of nitro groups is 2. The Morgan fingerprint density at radius 2 is 1.64 bits per heavy atom. The summed E-state index contributed by atoms with van der Waals surface area (Å²) >= 11 is 0. The van der Waals surface area contributed by atoms with Crippen molar-refractivity contribution in [3.63, 3.8) is 0 Å². The quantitative estimate of drug-likeness (QED) is 0.381. The van der Waals surface area contributed by atoms with E-state index in [1.807, 2.05) is 0 Å². The van der Waals surface area contributed by atoms with Gasteiger partial charge in [-0.25, -0.2) is 4.79 Å². The van der Waals surface area contributed by atoms with Crippen LogP contribution >= 0.6 is 0 Å². The van der Waals surface area contributed by atoms with Crippen LogP contribution in [0, 0.1) is 20.2 Å². The highest BCUT2D eigenvalue weighted by Crippen LogP contribution is 2.27. The van der Waals surface area contributed by atoms with E-state index in [-0.39, 0.29) is 35.5 Å². The second kappa shape index (κ2) is 9.21. The maximum Gasteiger partial charge on any atom is 0.338 e. The number of rotatable bonds is 8. The van der Waals surface area contributed by atoms with Crippen LogP contribution in [0.4, 0.5) is 11.4 Å². The minimum absolute atomic E-state index is 0.0323. The van der Waals surface area contributed by atoms with E-state index in [1.165, 1.54) is 36.4 Å². The molecule has 0 radical (unpaired) electrons. The molecule has 0 bridgehead atoms. The summed E-state index contributed by atoms with van der Waals surface area (Å²) in [6.45, 7) is 1.74. The summed E-state index contributed by atoms with van der Waals surface area (Å²) in [5, 5.41) is 21.7. The molecule has 0 spiro atoms. The molecule has 0 N–H and O–H groups in total. The maximum atomic E-state index is 12.4. The summed E-state index contributed by atoms with van der Waals surface area (Å²) in [4.78, 5) is 44.7. The van der Waals surface area contributed by atoms with Gasteiger partial charge in [0.2, 0.25) is 0 Å². The fourth-order valence-electron chi connectivity index (χ4n) is 2.35. The third-order valence-corrected chi connectivity index (χ3v) is 3.67. The number of hydrogen-bond donors (Lipinski definition) is 0. The van der Waals surface area contributed by atoms with Crippen LogP contribution in [0.5, 0.6) is 0 Å². The largest absolute Gasteiger partial charge is 0.466 e. The number of carbonyl (C=O) groups excluding carboxylic acids is 2. The first kappa shape index (κ1) is 20.5. The zero-order chi connectivity index (χ0) is 20.7. The van der Waals surface area contributed by atoms with Crippen molar-refractivity contribution in [2.45, 2.75) is 19.4 Å². The van der Waals surface area contributed by atoms with Crippen LogP contribution in [-0.4, -0.2) is 28.4 Å². The highest BCUT2D eigenvalue weighted by atomic mass is 16.6. The zero-order valence-corrected chi connectivity index (χ0v) is 14.8. The molecular formula is C18H16N2O8. The van der Waals surface area contributed by atoms with Gasteiger partial charge in [0, 0.05) is 24.3 Å². The molecule has 0 aliphatic rings. The van der Waals surface area contributed by atoms with Crippen molar-refractivity contribution in [3.8, 4) is 0 Å². The van der Waals surface area contributed by atoms with Crippen molar-refractivity contribution >= 4 is 23.3 Å². The van der Waals surface area contributed by atoms with Crippen molar-refractivity contribution in [2.24, 2.45) is 0 Å². The lowest BCUT2D eigenvalue weighted by Gasteiger charge is -2.17. The van der Waals surface area contributed by atoms with Gasteiger partial charge in [-0.3, -0.25) is 25.0 Å². The third-order valence-electron chi connectivity index (χ3n) is 3.67. The fourth-order valence-corrected chi connectivity index (χ4v) is 2.35. The monoisotopic (exact) mass is 388 g/mol. The lowest BCUT2D eigenvalue weighted by molar-refractivity contribution is -0.385. The number of carbonyl (C=O) groups is 2. The van der Waals surface area contributed by atoms with Crippen LogP contribution in [-0.2, 0) is 14.3 Å². The predicted molar refractivity (Wildman–Crippen MR) is 95.6 cm³/mol. The lowest BCUT2D eigenvalue weighted by Crippen LogP contribution is -2.17. The molecule has 2 aromatic rings. The fraction of sp³-hybridized carbons (Fsp3) is 0.222. The summed E-state index contributed by atoms with van der Waals surface area (Å²) in [6.07, 6.45) is -1.46. The normalized spacial score (nSPS) is 11.3. The van der Waals surface area contributed by atoms with E-state index in [9.17, 15) is 29.8 Å². The van der Waals surface area contributed by atoms with Gasteiger partial charge in [0.25, 0.3) is 11.4 Å².